The van der Waals surface area contributed by atoms with Gasteiger partial charge in [-0.25, -0.2) is 9.97 Å². The number of amides is 1. The maximum Gasteiger partial charge on any atom is 0.229 e. The van der Waals surface area contributed by atoms with E-state index < -0.39 is 0 Å². The van der Waals surface area contributed by atoms with Crippen molar-refractivity contribution >= 4 is 28.2 Å². The van der Waals surface area contributed by atoms with E-state index in [1.807, 2.05) is 12.1 Å². The molecule has 1 amide bonds. The van der Waals surface area contributed by atoms with Crippen molar-refractivity contribution in [3.05, 3.63) is 24.5 Å². The van der Waals surface area contributed by atoms with Crippen LogP contribution in [0.3, 0.4) is 0 Å². The molecule has 3 heterocycles. The van der Waals surface area contributed by atoms with Crippen LogP contribution in [0.25, 0.3) is 0 Å². The van der Waals surface area contributed by atoms with Gasteiger partial charge in [0.25, 0.3) is 0 Å². The minimum Gasteiger partial charge on any atom is -0.443 e. The number of hydrogen-bond donors (Lipinski definition) is 1. The number of ether oxygens (including phenoxy) is 3. The zero-order chi connectivity index (χ0) is 18.6. The molecule has 8 nitrogen and oxygen atoms in total. The first-order valence-corrected chi connectivity index (χ1v) is 9.79. The lowest BCUT2D eigenvalue weighted by molar-refractivity contribution is -0.127. The maximum absolute atomic E-state index is 12.1. The van der Waals surface area contributed by atoms with Crippen LogP contribution in [0.15, 0.2) is 24.5 Å². The SMILES string of the molecule is COC1CC(C(=O)Nc2ncc(Oc3ccc(N4CCOCC4)nc3)s2)C1. The van der Waals surface area contributed by atoms with E-state index in [0.29, 0.717) is 15.9 Å². The average molecular weight is 390 g/mol. The van der Waals surface area contributed by atoms with E-state index in [-0.39, 0.29) is 17.9 Å². The Bertz CT molecular complexity index is 770. The predicted octanol–water partition coefficient (Wildman–Crippen LogP) is 2.53. The summed E-state index contributed by atoms with van der Waals surface area (Å²) in [4.78, 5) is 23.0. The molecule has 2 aromatic heterocycles. The predicted molar refractivity (Wildman–Crippen MR) is 102 cm³/mol. The lowest BCUT2D eigenvalue weighted by atomic mass is 9.82. The number of aromatic nitrogens is 2. The molecule has 144 valence electrons. The fraction of sp³-hybridized carbons (Fsp3) is 0.500. The monoisotopic (exact) mass is 390 g/mol. The van der Waals surface area contributed by atoms with Gasteiger partial charge in [-0.3, -0.25) is 4.79 Å². The highest BCUT2D eigenvalue weighted by atomic mass is 32.1. The highest BCUT2D eigenvalue weighted by molar-refractivity contribution is 7.17. The van der Waals surface area contributed by atoms with Crippen LogP contribution in [0.2, 0.25) is 0 Å². The first-order valence-electron chi connectivity index (χ1n) is 8.97. The number of anilines is 2. The van der Waals surface area contributed by atoms with E-state index >= 15 is 0 Å². The number of rotatable bonds is 6. The molecule has 9 heteroatoms. The van der Waals surface area contributed by atoms with Gasteiger partial charge in [0, 0.05) is 26.1 Å². The van der Waals surface area contributed by atoms with Crippen molar-refractivity contribution in [3.8, 4) is 10.8 Å². The van der Waals surface area contributed by atoms with E-state index in [1.54, 1.807) is 19.5 Å². The molecule has 1 aliphatic heterocycles. The molecule has 0 radical (unpaired) electrons. The van der Waals surface area contributed by atoms with Crippen molar-refractivity contribution in [2.75, 3.05) is 43.6 Å². The number of methoxy groups -OCH3 is 1. The molecule has 0 unspecified atom stereocenters. The number of nitrogens with zero attached hydrogens (tertiary/aromatic N) is 3. The van der Waals surface area contributed by atoms with Crippen molar-refractivity contribution < 1.29 is 19.0 Å². The molecule has 1 N–H and O–H groups in total. The van der Waals surface area contributed by atoms with Crippen LogP contribution >= 0.6 is 11.3 Å². The van der Waals surface area contributed by atoms with Crippen LogP contribution in [0.4, 0.5) is 10.9 Å². The number of thiazole rings is 1. The molecule has 0 atom stereocenters. The molecular weight excluding hydrogens is 368 g/mol. The van der Waals surface area contributed by atoms with Crippen LogP contribution in [0.1, 0.15) is 12.8 Å². The van der Waals surface area contributed by atoms with Crippen LogP contribution in [0.5, 0.6) is 10.8 Å². The van der Waals surface area contributed by atoms with Gasteiger partial charge >= 0.3 is 0 Å². The Hall–Kier alpha value is -2.23. The molecule has 0 aromatic carbocycles. The molecular formula is C18H22N4O4S. The summed E-state index contributed by atoms with van der Waals surface area (Å²) >= 11 is 1.30. The summed E-state index contributed by atoms with van der Waals surface area (Å²) in [6.07, 6.45) is 5.02. The molecule has 0 spiro atoms. The number of hydrogen-bond acceptors (Lipinski definition) is 8. The largest absolute Gasteiger partial charge is 0.443 e. The van der Waals surface area contributed by atoms with Gasteiger partial charge < -0.3 is 24.4 Å². The number of carbonyl (C=O) groups is 1. The highest BCUT2D eigenvalue weighted by Crippen LogP contribution is 2.33. The third-order valence-electron chi connectivity index (χ3n) is 4.79. The van der Waals surface area contributed by atoms with Gasteiger partial charge in [-0.15, -0.1) is 0 Å². The van der Waals surface area contributed by atoms with Gasteiger partial charge in [-0.05, 0) is 25.0 Å². The van der Waals surface area contributed by atoms with Crippen molar-refractivity contribution in [2.45, 2.75) is 18.9 Å². The van der Waals surface area contributed by atoms with Gasteiger partial charge in [-0.2, -0.15) is 0 Å². The minimum absolute atomic E-state index is 0.000139. The summed E-state index contributed by atoms with van der Waals surface area (Å²) in [6.45, 7) is 3.14. The molecule has 1 aliphatic carbocycles. The van der Waals surface area contributed by atoms with Crippen LogP contribution in [0, 0.1) is 5.92 Å². The highest BCUT2D eigenvalue weighted by Gasteiger charge is 2.34. The minimum atomic E-state index is -0.0132. The maximum atomic E-state index is 12.1. The van der Waals surface area contributed by atoms with E-state index in [1.165, 1.54) is 11.3 Å². The number of carbonyl (C=O) groups excluding carboxylic acids is 1. The van der Waals surface area contributed by atoms with Crippen molar-refractivity contribution in [3.63, 3.8) is 0 Å². The third-order valence-corrected chi connectivity index (χ3v) is 5.58. The smallest absolute Gasteiger partial charge is 0.229 e. The molecule has 2 aromatic rings. The summed E-state index contributed by atoms with van der Waals surface area (Å²) in [6, 6.07) is 3.82. The number of pyridine rings is 1. The van der Waals surface area contributed by atoms with Crippen LogP contribution < -0.4 is 15.0 Å². The summed E-state index contributed by atoms with van der Waals surface area (Å²) in [5, 5.41) is 3.99. The Balaban J connectivity index is 1.30. The van der Waals surface area contributed by atoms with Gasteiger partial charge in [0.05, 0.1) is 31.7 Å². The first kappa shape index (κ1) is 18.1. The second-order valence-corrected chi connectivity index (χ2v) is 7.55. The van der Waals surface area contributed by atoms with Gasteiger partial charge in [0.1, 0.15) is 11.6 Å². The summed E-state index contributed by atoms with van der Waals surface area (Å²) in [7, 11) is 1.67. The Kier molecular flexibility index (Phi) is 5.51. The fourth-order valence-corrected chi connectivity index (χ4v) is 3.76. The van der Waals surface area contributed by atoms with Crippen LogP contribution in [-0.4, -0.2) is 55.4 Å². The van der Waals surface area contributed by atoms with Gasteiger partial charge in [0.2, 0.25) is 11.0 Å². The molecule has 2 aliphatic rings. The molecule has 1 saturated carbocycles. The molecule has 2 fully saturated rings. The van der Waals surface area contributed by atoms with E-state index in [9.17, 15) is 4.79 Å². The van der Waals surface area contributed by atoms with Crippen molar-refractivity contribution in [2.24, 2.45) is 5.92 Å². The topological polar surface area (TPSA) is 85.8 Å². The number of nitrogens with one attached hydrogen (secondary N) is 1. The first-order chi connectivity index (χ1) is 13.2. The van der Waals surface area contributed by atoms with Gasteiger partial charge in [-0.1, -0.05) is 11.3 Å². The standard InChI is InChI=1S/C18H22N4O4S/c1-24-14-8-12(9-14)17(23)21-18-20-11-16(27-18)26-13-2-3-15(19-10-13)22-4-6-25-7-5-22/h2-3,10-12,14H,4-9H2,1H3,(H,20,21,23). The lowest BCUT2D eigenvalue weighted by Gasteiger charge is -2.32. The third kappa shape index (κ3) is 4.37. The second-order valence-electron chi connectivity index (χ2n) is 6.55. The lowest BCUT2D eigenvalue weighted by Crippen LogP contribution is -2.38. The van der Waals surface area contributed by atoms with E-state index in [4.69, 9.17) is 14.2 Å². The quantitative estimate of drug-likeness (QED) is 0.811. The van der Waals surface area contributed by atoms with E-state index in [0.717, 1.165) is 45.0 Å². The average Bonchev–Trinajstić information content (AvgIpc) is 3.09. The second kappa shape index (κ2) is 8.20. The fourth-order valence-electron chi connectivity index (χ4n) is 3.07. The van der Waals surface area contributed by atoms with Crippen molar-refractivity contribution in [1.29, 1.82) is 0 Å². The van der Waals surface area contributed by atoms with Crippen LogP contribution in [-0.2, 0) is 14.3 Å². The molecule has 0 bridgehead atoms. The zero-order valence-electron chi connectivity index (χ0n) is 15.1. The van der Waals surface area contributed by atoms with E-state index in [2.05, 4.69) is 20.2 Å². The Labute approximate surface area is 161 Å². The Morgan fingerprint density at radius 2 is 2.07 bits per heavy atom. The van der Waals surface area contributed by atoms with Gasteiger partial charge in [0.15, 0.2) is 5.13 Å². The Morgan fingerprint density at radius 1 is 1.26 bits per heavy atom. The zero-order valence-corrected chi connectivity index (χ0v) is 15.9. The Morgan fingerprint density at radius 3 is 2.78 bits per heavy atom. The summed E-state index contributed by atoms with van der Waals surface area (Å²) < 4.78 is 16.4. The number of morpholine rings is 1. The normalized spacial score (nSPS) is 22.2. The summed E-state index contributed by atoms with van der Waals surface area (Å²) in [5.74, 6) is 1.54. The molecule has 4 rings (SSSR count). The van der Waals surface area contributed by atoms with Crippen molar-refractivity contribution in [1.82, 2.24) is 9.97 Å². The summed E-state index contributed by atoms with van der Waals surface area (Å²) in [5.41, 5.74) is 0. The molecule has 1 saturated heterocycles. The molecule has 27 heavy (non-hydrogen) atoms.